The third-order valence-corrected chi connectivity index (χ3v) is 2.01. The monoisotopic (exact) mass is 116 g/mol. The highest BCUT2D eigenvalue weighted by Gasteiger charge is 2.19. The van der Waals surface area contributed by atoms with Crippen LogP contribution < -0.4 is 0 Å². The number of rotatable bonds is 0. The van der Waals surface area contributed by atoms with Crippen LogP contribution in [0.4, 0.5) is 4.39 Å². The quantitative estimate of drug-likeness (QED) is 0.456. The Morgan fingerprint density at radius 1 is 1.25 bits per heavy atom. The van der Waals surface area contributed by atoms with E-state index in [1.165, 1.54) is 6.42 Å². The molecule has 0 bridgehead atoms. The lowest BCUT2D eigenvalue weighted by Gasteiger charge is -2.21. The molecule has 1 saturated carbocycles. The van der Waals surface area contributed by atoms with E-state index in [-0.39, 0.29) is 0 Å². The molecular formula is C7H13F. The van der Waals surface area contributed by atoms with E-state index in [1.54, 1.807) is 0 Å². The zero-order chi connectivity index (χ0) is 5.98. The maximum Gasteiger partial charge on any atom is 0.103 e. The predicted octanol–water partition coefficient (Wildman–Crippen LogP) is 2.53. The van der Waals surface area contributed by atoms with Gasteiger partial charge in [0.25, 0.3) is 0 Å². The van der Waals surface area contributed by atoms with Crippen molar-refractivity contribution in [2.24, 2.45) is 5.92 Å². The number of alkyl halides is 1. The molecule has 1 rings (SSSR count). The lowest BCUT2D eigenvalue weighted by Crippen LogP contribution is -2.16. The van der Waals surface area contributed by atoms with Crippen molar-refractivity contribution in [3.63, 3.8) is 0 Å². The summed E-state index contributed by atoms with van der Waals surface area (Å²) >= 11 is 0. The van der Waals surface area contributed by atoms with E-state index < -0.39 is 6.17 Å². The standard InChI is InChI=1S/C7H13F/c1-6-4-2-3-5-7(6)8/h6-7H,2-5H2,1H3/t6-,7?/m0/s1. The van der Waals surface area contributed by atoms with Gasteiger partial charge < -0.3 is 0 Å². The Balaban J connectivity index is 2.28. The van der Waals surface area contributed by atoms with Crippen LogP contribution in [-0.4, -0.2) is 6.17 Å². The Morgan fingerprint density at radius 2 is 1.88 bits per heavy atom. The molecule has 1 heteroatoms. The van der Waals surface area contributed by atoms with Crippen LogP contribution in [0.15, 0.2) is 0 Å². The summed E-state index contributed by atoms with van der Waals surface area (Å²) < 4.78 is 12.6. The molecule has 0 aliphatic heterocycles. The normalized spacial score (nSPS) is 39.8. The SMILES string of the molecule is C[C@H]1CCCCC1F. The van der Waals surface area contributed by atoms with Crippen molar-refractivity contribution < 1.29 is 4.39 Å². The lowest BCUT2D eigenvalue weighted by molar-refractivity contribution is 0.179. The minimum atomic E-state index is -0.497. The minimum absolute atomic E-state index is 0.337. The summed E-state index contributed by atoms with van der Waals surface area (Å²) in [5, 5.41) is 0. The fraction of sp³-hybridized carbons (Fsp3) is 1.00. The van der Waals surface area contributed by atoms with Crippen LogP contribution in [0.2, 0.25) is 0 Å². The minimum Gasteiger partial charge on any atom is -0.247 e. The van der Waals surface area contributed by atoms with Crippen LogP contribution >= 0.6 is 0 Å². The molecule has 0 radical (unpaired) electrons. The van der Waals surface area contributed by atoms with Gasteiger partial charge in [0.2, 0.25) is 0 Å². The molecule has 0 heterocycles. The first-order valence-electron chi connectivity index (χ1n) is 3.45. The van der Waals surface area contributed by atoms with Crippen LogP contribution in [0.25, 0.3) is 0 Å². The van der Waals surface area contributed by atoms with Crippen molar-refractivity contribution in [3.8, 4) is 0 Å². The van der Waals surface area contributed by atoms with Gasteiger partial charge >= 0.3 is 0 Å². The van der Waals surface area contributed by atoms with Crippen molar-refractivity contribution in [1.29, 1.82) is 0 Å². The molecule has 2 atom stereocenters. The maximum absolute atomic E-state index is 12.6. The summed E-state index contributed by atoms with van der Waals surface area (Å²) in [6.45, 7) is 2.00. The van der Waals surface area contributed by atoms with Crippen molar-refractivity contribution >= 4 is 0 Å². The van der Waals surface area contributed by atoms with Gasteiger partial charge in [-0.3, -0.25) is 0 Å². The van der Waals surface area contributed by atoms with Gasteiger partial charge in [0, 0.05) is 0 Å². The van der Waals surface area contributed by atoms with Crippen LogP contribution in [0.5, 0.6) is 0 Å². The van der Waals surface area contributed by atoms with Gasteiger partial charge in [-0.2, -0.15) is 0 Å². The fourth-order valence-electron chi connectivity index (χ4n) is 1.27. The molecule has 0 aromatic heterocycles. The predicted molar refractivity (Wildman–Crippen MR) is 32.5 cm³/mol. The van der Waals surface area contributed by atoms with Crippen molar-refractivity contribution in [1.82, 2.24) is 0 Å². The Bertz CT molecular complexity index is 60.8. The maximum atomic E-state index is 12.6. The Hall–Kier alpha value is -0.0700. The summed E-state index contributed by atoms with van der Waals surface area (Å²) in [6, 6.07) is 0. The van der Waals surface area contributed by atoms with E-state index in [4.69, 9.17) is 0 Å². The third kappa shape index (κ3) is 1.21. The summed E-state index contributed by atoms with van der Waals surface area (Å²) in [5.74, 6) is 0.337. The number of halogens is 1. The highest BCUT2D eigenvalue weighted by Crippen LogP contribution is 2.25. The van der Waals surface area contributed by atoms with Crippen molar-refractivity contribution in [3.05, 3.63) is 0 Å². The molecule has 1 fully saturated rings. The molecule has 0 spiro atoms. The zero-order valence-electron chi connectivity index (χ0n) is 5.36. The fourth-order valence-corrected chi connectivity index (χ4v) is 1.27. The second kappa shape index (κ2) is 2.47. The topological polar surface area (TPSA) is 0 Å². The second-order valence-electron chi connectivity index (χ2n) is 2.78. The average Bonchev–Trinajstić information content (AvgIpc) is 1.77. The molecule has 0 N–H and O–H groups in total. The Morgan fingerprint density at radius 3 is 2.25 bits per heavy atom. The molecule has 1 unspecified atom stereocenters. The smallest absolute Gasteiger partial charge is 0.103 e. The van der Waals surface area contributed by atoms with Crippen LogP contribution in [-0.2, 0) is 0 Å². The van der Waals surface area contributed by atoms with Crippen LogP contribution in [0, 0.1) is 5.92 Å². The molecule has 1 aliphatic rings. The molecule has 8 heavy (non-hydrogen) atoms. The number of hydrogen-bond acceptors (Lipinski definition) is 0. The van der Waals surface area contributed by atoms with Crippen molar-refractivity contribution in [2.45, 2.75) is 38.8 Å². The van der Waals surface area contributed by atoms with E-state index in [2.05, 4.69) is 0 Å². The van der Waals surface area contributed by atoms with Gasteiger partial charge in [-0.1, -0.05) is 19.8 Å². The van der Waals surface area contributed by atoms with E-state index >= 15 is 0 Å². The Labute approximate surface area is 50.1 Å². The lowest BCUT2D eigenvalue weighted by atomic mass is 9.89. The van der Waals surface area contributed by atoms with Gasteiger partial charge in [0.05, 0.1) is 0 Å². The first-order valence-corrected chi connectivity index (χ1v) is 3.45. The molecule has 0 nitrogen and oxygen atoms in total. The second-order valence-corrected chi connectivity index (χ2v) is 2.78. The van der Waals surface area contributed by atoms with Gasteiger partial charge in [0.15, 0.2) is 0 Å². The van der Waals surface area contributed by atoms with Gasteiger partial charge in [0.1, 0.15) is 6.17 Å². The summed E-state index contributed by atoms with van der Waals surface area (Å²) in [7, 11) is 0. The van der Waals surface area contributed by atoms with Gasteiger partial charge in [-0.15, -0.1) is 0 Å². The van der Waals surface area contributed by atoms with Gasteiger partial charge in [-0.25, -0.2) is 4.39 Å². The molecule has 0 aromatic carbocycles. The summed E-state index contributed by atoms with van der Waals surface area (Å²) in [6.07, 6.45) is 3.75. The largest absolute Gasteiger partial charge is 0.247 e. The Kier molecular flexibility index (Phi) is 1.87. The number of hydrogen-bond donors (Lipinski definition) is 0. The van der Waals surface area contributed by atoms with Crippen LogP contribution in [0.1, 0.15) is 32.6 Å². The molecule has 0 amide bonds. The third-order valence-electron chi connectivity index (χ3n) is 2.01. The van der Waals surface area contributed by atoms with E-state index in [0.29, 0.717) is 5.92 Å². The van der Waals surface area contributed by atoms with Crippen LogP contribution in [0.3, 0.4) is 0 Å². The first-order chi connectivity index (χ1) is 3.80. The molecule has 48 valence electrons. The highest BCUT2D eigenvalue weighted by atomic mass is 19.1. The molecular weight excluding hydrogens is 103 g/mol. The first kappa shape index (κ1) is 6.06. The van der Waals surface area contributed by atoms with E-state index in [1.807, 2.05) is 6.92 Å². The van der Waals surface area contributed by atoms with E-state index in [9.17, 15) is 4.39 Å². The average molecular weight is 116 g/mol. The molecule has 1 aliphatic carbocycles. The van der Waals surface area contributed by atoms with Gasteiger partial charge in [-0.05, 0) is 18.8 Å². The summed E-state index contributed by atoms with van der Waals surface area (Å²) in [4.78, 5) is 0. The zero-order valence-corrected chi connectivity index (χ0v) is 5.36. The molecule has 0 saturated heterocycles. The molecule has 0 aromatic rings. The van der Waals surface area contributed by atoms with Crippen molar-refractivity contribution in [2.75, 3.05) is 0 Å². The van der Waals surface area contributed by atoms with E-state index in [0.717, 1.165) is 19.3 Å². The summed E-state index contributed by atoms with van der Waals surface area (Å²) in [5.41, 5.74) is 0. The highest BCUT2D eigenvalue weighted by molar-refractivity contribution is 4.70.